The van der Waals surface area contributed by atoms with E-state index in [1.54, 1.807) is 24.3 Å². The molecule has 0 amide bonds. The molecule has 27 heavy (non-hydrogen) atoms. The van der Waals surface area contributed by atoms with Crippen molar-refractivity contribution in [3.63, 3.8) is 0 Å². The molecule has 0 atom stereocenters. The minimum absolute atomic E-state index is 0.0363. The van der Waals surface area contributed by atoms with E-state index in [9.17, 15) is 15.0 Å². The molecule has 1 heterocycles. The van der Waals surface area contributed by atoms with E-state index in [0.717, 1.165) is 5.56 Å². The molecule has 0 spiro atoms. The van der Waals surface area contributed by atoms with Crippen molar-refractivity contribution in [3.8, 4) is 28.7 Å². The van der Waals surface area contributed by atoms with Gasteiger partial charge in [0.05, 0.1) is 19.7 Å². The summed E-state index contributed by atoms with van der Waals surface area (Å²) < 4.78 is 16.9. The Morgan fingerprint density at radius 1 is 1.07 bits per heavy atom. The highest BCUT2D eigenvalue weighted by molar-refractivity contribution is 5.98. The molecule has 7 nitrogen and oxygen atoms in total. The van der Waals surface area contributed by atoms with Crippen LogP contribution < -0.4 is 14.2 Å². The number of carboxylic acid groups (broad SMARTS) is 1. The minimum Gasteiger partial charge on any atom is -0.508 e. The SMILES string of the molecule is COc1cc2[nH]c(C(=O)O)cc2c(OC)c1Oc1ccc(O)c(C(C)C)c1. The van der Waals surface area contributed by atoms with Gasteiger partial charge in [0.15, 0.2) is 11.5 Å². The van der Waals surface area contributed by atoms with Crippen LogP contribution in [0.3, 0.4) is 0 Å². The summed E-state index contributed by atoms with van der Waals surface area (Å²) in [5.74, 6) is 0.802. The number of hydrogen-bond acceptors (Lipinski definition) is 5. The molecule has 142 valence electrons. The first-order valence-corrected chi connectivity index (χ1v) is 8.37. The van der Waals surface area contributed by atoms with E-state index < -0.39 is 5.97 Å². The largest absolute Gasteiger partial charge is 0.508 e. The van der Waals surface area contributed by atoms with Crippen LogP contribution >= 0.6 is 0 Å². The molecule has 0 aliphatic heterocycles. The molecule has 0 aliphatic carbocycles. The number of phenols is 1. The van der Waals surface area contributed by atoms with Crippen LogP contribution in [0.2, 0.25) is 0 Å². The highest BCUT2D eigenvalue weighted by Crippen LogP contribution is 2.46. The lowest BCUT2D eigenvalue weighted by atomic mass is 10.0. The molecule has 2 aromatic carbocycles. The van der Waals surface area contributed by atoms with Gasteiger partial charge in [0.1, 0.15) is 17.2 Å². The number of fused-ring (bicyclic) bond motifs is 1. The predicted molar refractivity (Wildman–Crippen MR) is 101 cm³/mol. The van der Waals surface area contributed by atoms with E-state index in [1.165, 1.54) is 20.3 Å². The van der Waals surface area contributed by atoms with Crippen LogP contribution in [0.5, 0.6) is 28.7 Å². The van der Waals surface area contributed by atoms with E-state index >= 15 is 0 Å². The average molecular weight is 371 g/mol. The van der Waals surface area contributed by atoms with Gasteiger partial charge in [-0.05, 0) is 30.2 Å². The molecule has 3 aromatic rings. The van der Waals surface area contributed by atoms with Gasteiger partial charge in [-0.25, -0.2) is 4.79 Å². The molecular formula is C20H21NO6. The Morgan fingerprint density at radius 2 is 1.81 bits per heavy atom. The van der Waals surface area contributed by atoms with Gasteiger partial charge >= 0.3 is 5.97 Å². The van der Waals surface area contributed by atoms with Crippen LogP contribution in [-0.4, -0.2) is 35.4 Å². The third-order valence-electron chi connectivity index (χ3n) is 4.29. The van der Waals surface area contributed by atoms with Crippen molar-refractivity contribution in [1.29, 1.82) is 0 Å². The van der Waals surface area contributed by atoms with Crippen molar-refractivity contribution in [2.24, 2.45) is 0 Å². The summed E-state index contributed by atoms with van der Waals surface area (Å²) >= 11 is 0. The third kappa shape index (κ3) is 3.36. The molecule has 0 saturated heterocycles. The van der Waals surface area contributed by atoms with Gasteiger partial charge in [0, 0.05) is 17.0 Å². The van der Waals surface area contributed by atoms with Crippen molar-refractivity contribution < 1.29 is 29.2 Å². The molecule has 0 aliphatic rings. The van der Waals surface area contributed by atoms with Crippen LogP contribution in [0.25, 0.3) is 10.9 Å². The van der Waals surface area contributed by atoms with E-state index in [0.29, 0.717) is 33.9 Å². The molecule has 0 radical (unpaired) electrons. The smallest absolute Gasteiger partial charge is 0.352 e. The number of hydrogen-bond donors (Lipinski definition) is 3. The van der Waals surface area contributed by atoms with Gasteiger partial charge < -0.3 is 29.4 Å². The number of phenolic OH excluding ortho intramolecular Hbond substituents is 1. The molecule has 1 aromatic heterocycles. The zero-order valence-electron chi connectivity index (χ0n) is 15.5. The first-order valence-electron chi connectivity index (χ1n) is 8.37. The number of nitrogens with one attached hydrogen (secondary N) is 1. The summed E-state index contributed by atoms with van der Waals surface area (Å²) in [4.78, 5) is 14.1. The monoisotopic (exact) mass is 371 g/mol. The maximum absolute atomic E-state index is 11.3. The van der Waals surface area contributed by atoms with Crippen molar-refractivity contribution in [2.45, 2.75) is 19.8 Å². The van der Waals surface area contributed by atoms with Crippen LogP contribution in [0, 0.1) is 0 Å². The fourth-order valence-corrected chi connectivity index (χ4v) is 2.95. The number of rotatable bonds is 6. The number of H-pyrrole nitrogens is 1. The second-order valence-electron chi connectivity index (χ2n) is 6.37. The Balaban J connectivity index is 2.15. The lowest BCUT2D eigenvalue weighted by Crippen LogP contribution is -1.96. The quantitative estimate of drug-likeness (QED) is 0.590. The van der Waals surface area contributed by atoms with Gasteiger partial charge in [0.25, 0.3) is 0 Å². The summed E-state index contributed by atoms with van der Waals surface area (Å²) in [6.45, 7) is 3.94. The second kappa shape index (κ2) is 7.11. The first kappa shape index (κ1) is 18.4. The summed E-state index contributed by atoms with van der Waals surface area (Å²) in [6, 6.07) is 8.11. The topological polar surface area (TPSA) is 101 Å². The van der Waals surface area contributed by atoms with Gasteiger partial charge in [-0.2, -0.15) is 0 Å². The third-order valence-corrected chi connectivity index (χ3v) is 4.29. The lowest BCUT2D eigenvalue weighted by Gasteiger charge is -2.16. The number of aromatic amines is 1. The zero-order valence-corrected chi connectivity index (χ0v) is 15.5. The molecule has 7 heteroatoms. The summed E-state index contributed by atoms with van der Waals surface area (Å²) in [5, 5.41) is 19.8. The number of aromatic nitrogens is 1. The van der Waals surface area contributed by atoms with E-state index in [2.05, 4.69) is 4.98 Å². The number of aromatic hydroxyl groups is 1. The summed E-state index contributed by atoms with van der Waals surface area (Å²) in [5.41, 5.74) is 1.34. The molecule has 0 saturated carbocycles. The average Bonchev–Trinajstić information content (AvgIpc) is 3.06. The Hall–Kier alpha value is -3.35. The number of aromatic carboxylic acids is 1. The molecule has 0 bridgehead atoms. The standard InChI is InChI=1S/C20H21NO6/c1-10(2)12-7-11(5-6-16(12)22)27-19-17(25-3)9-14-13(18(19)26-4)8-15(21-14)20(23)24/h5-10,21-22H,1-4H3,(H,23,24). The Kier molecular flexibility index (Phi) is 4.85. The van der Waals surface area contributed by atoms with Crippen LogP contribution in [-0.2, 0) is 0 Å². The maximum atomic E-state index is 11.3. The molecular weight excluding hydrogens is 350 g/mol. The molecule has 0 unspecified atom stereocenters. The maximum Gasteiger partial charge on any atom is 0.352 e. The van der Waals surface area contributed by atoms with Crippen molar-refractivity contribution >= 4 is 16.9 Å². The van der Waals surface area contributed by atoms with Crippen LogP contribution in [0.15, 0.2) is 30.3 Å². The fraction of sp³-hybridized carbons (Fsp3) is 0.250. The Bertz CT molecular complexity index is 1010. The van der Waals surface area contributed by atoms with Crippen LogP contribution in [0.4, 0.5) is 0 Å². The van der Waals surface area contributed by atoms with Gasteiger partial charge in [0.2, 0.25) is 5.75 Å². The van der Waals surface area contributed by atoms with Gasteiger partial charge in [-0.1, -0.05) is 13.8 Å². The zero-order chi connectivity index (χ0) is 19.7. The van der Waals surface area contributed by atoms with Crippen molar-refractivity contribution in [3.05, 3.63) is 41.6 Å². The number of benzene rings is 2. The predicted octanol–water partition coefficient (Wildman–Crippen LogP) is 4.50. The molecule has 0 fully saturated rings. The number of carbonyl (C=O) groups is 1. The Morgan fingerprint density at radius 3 is 2.41 bits per heavy atom. The second-order valence-corrected chi connectivity index (χ2v) is 6.37. The summed E-state index contributed by atoms with van der Waals surface area (Å²) in [7, 11) is 2.97. The fourth-order valence-electron chi connectivity index (χ4n) is 2.95. The highest BCUT2D eigenvalue weighted by atomic mass is 16.5. The number of ether oxygens (including phenoxy) is 3. The van der Waals surface area contributed by atoms with Gasteiger partial charge in [-0.3, -0.25) is 0 Å². The number of methoxy groups -OCH3 is 2. The Labute approximate surface area is 156 Å². The van der Waals surface area contributed by atoms with Crippen molar-refractivity contribution in [2.75, 3.05) is 14.2 Å². The summed E-state index contributed by atoms with van der Waals surface area (Å²) in [6.07, 6.45) is 0. The van der Waals surface area contributed by atoms with Crippen LogP contribution in [0.1, 0.15) is 35.8 Å². The van der Waals surface area contributed by atoms with E-state index in [-0.39, 0.29) is 17.4 Å². The molecule has 3 rings (SSSR count). The van der Waals surface area contributed by atoms with Gasteiger partial charge in [-0.15, -0.1) is 0 Å². The van der Waals surface area contributed by atoms with Crippen molar-refractivity contribution in [1.82, 2.24) is 4.98 Å². The number of carboxylic acids is 1. The highest BCUT2D eigenvalue weighted by Gasteiger charge is 2.21. The lowest BCUT2D eigenvalue weighted by molar-refractivity contribution is 0.0691. The molecule has 3 N–H and O–H groups in total. The van der Waals surface area contributed by atoms with E-state index in [1.807, 2.05) is 13.8 Å². The first-order chi connectivity index (χ1) is 12.8. The van der Waals surface area contributed by atoms with E-state index in [4.69, 9.17) is 14.2 Å². The normalized spacial score (nSPS) is 11.0. The minimum atomic E-state index is -1.07.